The van der Waals surface area contributed by atoms with Gasteiger partial charge in [-0.1, -0.05) is 0 Å². The molecule has 0 N–H and O–H groups in total. The van der Waals surface area contributed by atoms with Crippen LogP contribution < -0.4 is 0 Å². The lowest BCUT2D eigenvalue weighted by Crippen LogP contribution is -2.14. The first kappa shape index (κ1) is 12.1. The Bertz CT molecular complexity index is 445. The lowest BCUT2D eigenvalue weighted by molar-refractivity contribution is -0.119. The zero-order valence-electron chi connectivity index (χ0n) is 8.74. The second kappa shape index (κ2) is 5.17. The van der Waals surface area contributed by atoms with Crippen molar-refractivity contribution in [3.05, 3.63) is 35.6 Å². The van der Waals surface area contributed by atoms with E-state index in [9.17, 15) is 14.0 Å². The van der Waals surface area contributed by atoms with Crippen LogP contribution in [0.3, 0.4) is 0 Å². The Labute approximate surface area is 92.5 Å². The molecule has 16 heavy (non-hydrogen) atoms. The smallest absolute Gasteiger partial charge is 0.164 e. The molecule has 3 nitrogen and oxygen atoms in total. The molecule has 0 saturated heterocycles. The van der Waals surface area contributed by atoms with Crippen LogP contribution in [0.2, 0.25) is 0 Å². The zero-order valence-corrected chi connectivity index (χ0v) is 8.74. The van der Waals surface area contributed by atoms with Crippen LogP contribution in [-0.4, -0.2) is 11.6 Å². The summed E-state index contributed by atoms with van der Waals surface area (Å²) < 4.78 is 12.6. The number of nitrogens with zero attached hydrogens (tertiary/aromatic N) is 1. The van der Waals surface area contributed by atoms with Crippen molar-refractivity contribution in [2.75, 3.05) is 0 Å². The molecule has 0 saturated carbocycles. The summed E-state index contributed by atoms with van der Waals surface area (Å²) in [6.07, 6.45) is -0.155. The average Bonchev–Trinajstić information content (AvgIpc) is 2.26. The molecule has 0 spiro atoms. The first-order valence-corrected chi connectivity index (χ1v) is 4.73. The van der Waals surface area contributed by atoms with E-state index in [0.29, 0.717) is 5.56 Å². The van der Waals surface area contributed by atoms with Crippen molar-refractivity contribution in [2.24, 2.45) is 5.92 Å². The van der Waals surface area contributed by atoms with Gasteiger partial charge in [-0.25, -0.2) is 4.39 Å². The Hall–Kier alpha value is -2.02. The predicted molar refractivity (Wildman–Crippen MR) is 55.1 cm³/mol. The van der Waals surface area contributed by atoms with E-state index in [1.807, 2.05) is 0 Å². The van der Waals surface area contributed by atoms with Crippen molar-refractivity contribution in [3.8, 4) is 6.07 Å². The zero-order chi connectivity index (χ0) is 12.1. The molecular formula is C12H10FNO2. The van der Waals surface area contributed by atoms with Gasteiger partial charge in [-0.2, -0.15) is 5.26 Å². The Kier molecular flexibility index (Phi) is 3.90. The number of carbonyl (C=O) groups excluding carboxylic acids is 2. The topological polar surface area (TPSA) is 57.9 Å². The minimum atomic E-state index is -0.919. The highest BCUT2D eigenvalue weighted by Gasteiger charge is 2.18. The SMILES string of the molecule is CC(=O)C(C#N)CC(=O)c1ccc(F)cc1. The van der Waals surface area contributed by atoms with Crippen LogP contribution >= 0.6 is 0 Å². The number of rotatable bonds is 4. The molecule has 1 aromatic rings. The van der Waals surface area contributed by atoms with Crippen LogP contribution in [0.15, 0.2) is 24.3 Å². The summed E-state index contributed by atoms with van der Waals surface area (Å²) in [5.41, 5.74) is 0.308. The van der Waals surface area contributed by atoms with E-state index in [-0.39, 0.29) is 18.0 Å². The molecule has 82 valence electrons. The molecule has 0 radical (unpaired) electrons. The maximum absolute atomic E-state index is 12.6. The Morgan fingerprint density at radius 1 is 1.38 bits per heavy atom. The normalized spacial score (nSPS) is 11.6. The van der Waals surface area contributed by atoms with Crippen molar-refractivity contribution in [3.63, 3.8) is 0 Å². The first-order valence-electron chi connectivity index (χ1n) is 4.73. The minimum absolute atomic E-state index is 0.155. The third kappa shape index (κ3) is 2.99. The van der Waals surface area contributed by atoms with Gasteiger partial charge < -0.3 is 0 Å². The van der Waals surface area contributed by atoms with Gasteiger partial charge in [-0.3, -0.25) is 9.59 Å². The van der Waals surface area contributed by atoms with Gasteiger partial charge in [0.2, 0.25) is 0 Å². The Morgan fingerprint density at radius 3 is 2.38 bits per heavy atom. The van der Waals surface area contributed by atoms with Gasteiger partial charge >= 0.3 is 0 Å². The third-order valence-corrected chi connectivity index (χ3v) is 2.20. The molecule has 0 aliphatic heterocycles. The van der Waals surface area contributed by atoms with E-state index in [2.05, 4.69) is 0 Å². The van der Waals surface area contributed by atoms with Crippen molar-refractivity contribution < 1.29 is 14.0 Å². The first-order chi connectivity index (χ1) is 7.54. The lowest BCUT2D eigenvalue weighted by Gasteiger charge is -2.04. The third-order valence-electron chi connectivity index (χ3n) is 2.20. The molecule has 0 aliphatic rings. The number of halogens is 1. The maximum Gasteiger partial charge on any atom is 0.164 e. The highest BCUT2D eigenvalue weighted by atomic mass is 19.1. The molecule has 0 amide bonds. The quantitative estimate of drug-likeness (QED) is 0.729. The molecule has 1 atom stereocenters. The van der Waals surface area contributed by atoms with E-state index in [1.54, 1.807) is 6.07 Å². The summed E-state index contributed by atoms with van der Waals surface area (Å²) in [6.45, 7) is 1.27. The van der Waals surface area contributed by atoms with Gasteiger partial charge in [0.05, 0.1) is 6.07 Å². The summed E-state index contributed by atoms with van der Waals surface area (Å²) in [4.78, 5) is 22.6. The molecule has 1 unspecified atom stereocenters. The van der Waals surface area contributed by atoms with E-state index < -0.39 is 11.7 Å². The number of hydrogen-bond donors (Lipinski definition) is 0. The van der Waals surface area contributed by atoms with Crippen LogP contribution in [0.25, 0.3) is 0 Å². The standard InChI is InChI=1S/C12H10FNO2/c1-8(15)10(7-14)6-12(16)9-2-4-11(13)5-3-9/h2-5,10H,6H2,1H3. The molecule has 0 aliphatic carbocycles. The van der Waals surface area contributed by atoms with Gasteiger partial charge in [0.15, 0.2) is 5.78 Å². The molecule has 1 aromatic carbocycles. The molecule has 0 heterocycles. The highest BCUT2D eigenvalue weighted by Crippen LogP contribution is 2.11. The lowest BCUT2D eigenvalue weighted by atomic mass is 9.96. The van der Waals surface area contributed by atoms with E-state index in [1.165, 1.54) is 31.2 Å². The van der Waals surface area contributed by atoms with Crippen molar-refractivity contribution >= 4 is 11.6 Å². The fourth-order valence-electron chi connectivity index (χ4n) is 1.22. The van der Waals surface area contributed by atoms with E-state index in [4.69, 9.17) is 5.26 Å². The molecule has 0 bridgehead atoms. The molecule has 0 fully saturated rings. The molecule has 0 aromatic heterocycles. The fraction of sp³-hybridized carbons (Fsp3) is 0.250. The predicted octanol–water partition coefficient (Wildman–Crippen LogP) is 2.13. The van der Waals surface area contributed by atoms with Crippen molar-refractivity contribution in [2.45, 2.75) is 13.3 Å². The van der Waals surface area contributed by atoms with Gasteiger partial charge in [0, 0.05) is 12.0 Å². The van der Waals surface area contributed by atoms with Gasteiger partial charge in [0.1, 0.15) is 17.5 Å². The average molecular weight is 219 g/mol. The number of ketones is 2. The monoisotopic (exact) mass is 219 g/mol. The summed E-state index contributed by atoms with van der Waals surface area (Å²) >= 11 is 0. The fourth-order valence-corrected chi connectivity index (χ4v) is 1.22. The van der Waals surface area contributed by atoms with Gasteiger partial charge in [-0.05, 0) is 31.2 Å². The summed E-state index contributed by atoms with van der Waals surface area (Å²) in [5, 5.41) is 8.65. The number of carbonyl (C=O) groups is 2. The van der Waals surface area contributed by atoms with E-state index in [0.717, 1.165) is 0 Å². The Balaban J connectivity index is 2.76. The van der Waals surface area contributed by atoms with Gasteiger partial charge in [-0.15, -0.1) is 0 Å². The van der Waals surface area contributed by atoms with Crippen molar-refractivity contribution in [1.82, 2.24) is 0 Å². The molecule has 1 rings (SSSR count). The van der Waals surface area contributed by atoms with Crippen LogP contribution in [0.4, 0.5) is 4.39 Å². The largest absolute Gasteiger partial charge is 0.299 e. The maximum atomic E-state index is 12.6. The van der Waals surface area contributed by atoms with Crippen LogP contribution in [0, 0.1) is 23.1 Å². The van der Waals surface area contributed by atoms with Crippen LogP contribution in [0.5, 0.6) is 0 Å². The van der Waals surface area contributed by atoms with Crippen molar-refractivity contribution in [1.29, 1.82) is 5.26 Å². The van der Waals surface area contributed by atoms with Crippen LogP contribution in [-0.2, 0) is 4.79 Å². The second-order valence-corrected chi connectivity index (χ2v) is 3.43. The number of Topliss-reactive ketones (excluding diaryl/α,β-unsaturated/α-hetero) is 2. The second-order valence-electron chi connectivity index (χ2n) is 3.43. The summed E-state index contributed by atoms with van der Waals surface area (Å²) in [6, 6.07) is 6.79. The highest BCUT2D eigenvalue weighted by molar-refractivity contribution is 5.99. The summed E-state index contributed by atoms with van der Waals surface area (Å²) in [7, 11) is 0. The molecular weight excluding hydrogens is 209 g/mol. The van der Waals surface area contributed by atoms with Gasteiger partial charge in [0.25, 0.3) is 0 Å². The number of hydrogen-bond acceptors (Lipinski definition) is 3. The number of benzene rings is 1. The van der Waals surface area contributed by atoms with E-state index >= 15 is 0 Å². The Morgan fingerprint density at radius 2 is 1.94 bits per heavy atom. The number of nitriles is 1. The molecule has 4 heteroatoms. The van der Waals surface area contributed by atoms with Crippen LogP contribution in [0.1, 0.15) is 23.7 Å². The minimum Gasteiger partial charge on any atom is -0.299 e. The summed E-state index contributed by atoms with van der Waals surface area (Å²) in [5.74, 6) is -2.02.